The predicted octanol–water partition coefficient (Wildman–Crippen LogP) is 6.30. The fraction of sp³-hybridized carbons (Fsp3) is 0.273. The van der Waals surface area contributed by atoms with Gasteiger partial charge in [0.15, 0.2) is 5.78 Å². The molecule has 0 saturated carbocycles. The number of allylic oxidation sites excluding steroid dienone is 3. The topological polar surface area (TPSA) is 33.2 Å². The van der Waals surface area contributed by atoms with Crippen LogP contribution in [0.3, 0.4) is 0 Å². The first-order valence-electron chi connectivity index (χ1n) is 8.99. The van der Waals surface area contributed by atoms with Crippen molar-refractivity contribution in [2.45, 2.75) is 33.4 Å². The SMILES string of the molecule is C=C(/C=C(\N(C)c1ccc(C(=O)CC)cc1)C(F)(F)F)c1cccnc1.CC. The maximum absolute atomic E-state index is 13.6. The molecule has 0 aliphatic carbocycles. The maximum atomic E-state index is 13.6. The number of halogens is 3. The molecule has 0 fully saturated rings. The van der Waals surface area contributed by atoms with E-state index in [0.29, 0.717) is 23.2 Å². The van der Waals surface area contributed by atoms with Gasteiger partial charge in [0, 0.05) is 37.1 Å². The minimum atomic E-state index is -4.57. The van der Waals surface area contributed by atoms with Crippen LogP contribution in [0.15, 0.2) is 67.1 Å². The van der Waals surface area contributed by atoms with Crippen molar-refractivity contribution in [1.29, 1.82) is 0 Å². The fourth-order valence-electron chi connectivity index (χ4n) is 2.38. The van der Waals surface area contributed by atoms with E-state index in [1.165, 1.54) is 43.7 Å². The molecule has 0 bridgehead atoms. The summed E-state index contributed by atoms with van der Waals surface area (Å²) in [6.07, 6.45) is -0.248. The lowest BCUT2D eigenvalue weighted by molar-refractivity contribution is -0.0928. The molecule has 0 aliphatic heterocycles. The third kappa shape index (κ3) is 6.08. The van der Waals surface area contributed by atoms with Crippen LogP contribution < -0.4 is 4.90 Å². The van der Waals surface area contributed by atoms with Crippen LogP contribution in [0.2, 0.25) is 0 Å². The number of carbonyl (C=O) groups is 1. The van der Waals surface area contributed by atoms with E-state index in [9.17, 15) is 18.0 Å². The number of ketones is 1. The Balaban J connectivity index is 0.00000190. The highest BCUT2D eigenvalue weighted by molar-refractivity contribution is 5.96. The molecule has 0 spiro atoms. The van der Waals surface area contributed by atoms with Crippen LogP contribution in [0.1, 0.15) is 43.1 Å². The van der Waals surface area contributed by atoms with E-state index >= 15 is 0 Å². The van der Waals surface area contributed by atoms with Crippen molar-refractivity contribution < 1.29 is 18.0 Å². The zero-order chi connectivity index (χ0) is 21.3. The first-order chi connectivity index (χ1) is 13.2. The van der Waals surface area contributed by atoms with Gasteiger partial charge in [-0.2, -0.15) is 13.2 Å². The van der Waals surface area contributed by atoms with Crippen molar-refractivity contribution in [3.8, 4) is 0 Å². The van der Waals surface area contributed by atoms with Crippen LogP contribution in [0.25, 0.3) is 5.57 Å². The van der Waals surface area contributed by atoms with Gasteiger partial charge < -0.3 is 4.90 Å². The van der Waals surface area contributed by atoms with Gasteiger partial charge in [-0.05, 0) is 47.5 Å². The molecule has 2 rings (SSSR count). The Kier molecular flexibility index (Phi) is 8.64. The number of hydrogen-bond donors (Lipinski definition) is 0. The number of Topliss-reactive ketones (excluding diaryl/α,β-unsaturated/α-hetero) is 1. The summed E-state index contributed by atoms with van der Waals surface area (Å²) in [7, 11) is 1.33. The van der Waals surface area contributed by atoms with Crippen molar-refractivity contribution in [2.75, 3.05) is 11.9 Å². The standard InChI is InChI=1S/C20H19F3N2O.C2H6/c1-4-18(26)15-7-9-17(10-8-15)25(3)19(20(21,22)23)12-14(2)16-6-5-11-24-13-16;1-2/h5-13H,2,4H2,1,3H3;1-2H3/b19-12-;. The lowest BCUT2D eigenvalue weighted by atomic mass is 10.1. The van der Waals surface area contributed by atoms with Crippen molar-refractivity contribution in [3.63, 3.8) is 0 Å². The molecule has 6 heteroatoms. The average Bonchev–Trinajstić information content (AvgIpc) is 2.72. The van der Waals surface area contributed by atoms with E-state index in [1.807, 2.05) is 13.8 Å². The van der Waals surface area contributed by atoms with Gasteiger partial charge in [-0.1, -0.05) is 33.4 Å². The van der Waals surface area contributed by atoms with Gasteiger partial charge in [-0.15, -0.1) is 0 Å². The largest absolute Gasteiger partial charge is 0.431 e. The summed E-state index contributed by atoms with van der Waals surface area (Å²) in [5, 5.41) is 0. The van der Waals surface area contributed by atoms with Gasteiger partial charge in [0.1, 0.15) is 5.70 Å². The molecular weight excluding hydrogens is 365 g/mol. The molecule has 2 aromatic rings. The summed E-state index contributed by atoms with van der Waals surface area (Å²) in [5.41, 5.74) is 0.643. The van der Waals surface area contributed by atoms with Gasteiger partial charge in [0.05, 0.1) is 0 Å². The molecule has 0 unspecified atom stereocenters. The number of pyridine rings is 1. The molecule has 0 aliphatic rings. The van der Waals surface area contributed by atoms with E-state index < -0.39 is 11.9 Å². The lowest BCUT2D eigenvalue weighted by Gasteiger charge is -2.25. The summed E-state index contributed by atoms with van der Waals surface area (Å²) < 4.78 is 40.7. The van der Waals surface area contributed by atoms with Crippen molar-refractivity contribution in [1.82, 2.24) is 4.98 Å². The fourth-order valence-corrected chi connectivity index (χ4v) is 2.38. The summed E-state index contributed by atoms with van der Waals surface area (Å²) in [6, 6.07) is 9.33. The van der Waals surface area contributed by atoms with E-state index in [1.54, 1.807) is 19.1 Å². The van der Waals surface area contributed by atoms with Gasteiger partial charge in [0.25, 0.3) is 0 Å². The molecule has 1 aromatic heterocycles. The number of benzene rings is 1. The number of rotatable bonds is 6. The van der Waals surface area contributed by atoms with Gasteiger partial charge in [-0.3, -0.25) is 9.78 Å². The Bertz CT molecular complexity index is 810. The van der Waals surface area contributed by atoms with Gasteiger partial charge in [-0.25, -0.2) is 0 Å². The summed E-state index contributed by atoms with van der Waals surface area (Å²) in [5.74, 6) is -0.0595. The van der Waals surface area contributed by atoms with Crippen molar-refractivity contribution >= 4 is 17.0 Å². The summed E-state index contributed by atoms with van der Waals surface area (Å²) in [4.78, 5) is 16.6. The monoisotopic (exact) mass is 390 g/mol. The first-order valence-corrected chi connectivity index (χ1v) is 8.99. The summed E-state index contributed by atoms with van der Waals surface area (Å²) >= 11 is 0. The number of hydrogen-bond acceptors (Lipinski definition) is 3. The second-order valence-electron chi connectivity index (χ2n) is 5.68. The van der Waals surface area contributed by atoms with Crippen LogP contribution in [-0.4, -0.2) is 24.0 Å². The third-order valence-electron chi connectivity index (χ3n) is 3.89. The molecular formula is C22H25F3N2O. The number of nitrogens with zero attached hydrogens (tertiary/aromatic N) is 2. The molecule has 0 saturated heterocycles. The second-order valence-corrected chi connectivity index (χ2v) is 5.68. The molecule has 28 heavy (non-hydrogen) atoms. The van der Waals surface area contributed by atoms with Crippen molar-refractivity contribution in [2.24, 2.45) is 0 Å². The molecule has 0 N–H and O–H groups in total. The van der Waals surface area contributed by atoms with Crippen LogP contribution >= 0.6 is 0 Å². The number of alkyl halides is 3. The van der Waals surface area contributed by atoms with Crippen LogP contribution in [0.5, 0.6) is 0 Å². The smallest absolute Gasteiger partial charge is 0.341 e. The molecule has 1 heterocycles. The van der Waals surface area contributed by atoms with Crippen molar-refractivity contribution in [3.05, 3.63) is 78.3 Å². The Morgan fingerprint density at radius 2 is 1.75 bits per heavy atom. The molecule has 150 valence electrons. The third-order valence-corrected chi connectivity index (χ3v) is 3.89. The Hall–Kier alpha value is -2.89. The van der Waals surface area contributed by atoms with Gasteiger partial charge in [0.2, 0.25) is 0 Å². The number of anilines is 1. The summed E-state index contributed by atoms with van der Waals surface area (Å²) in [6.45, 7) is 9.45. The molecule has 3 nitrogen and oxygen atoms in total. The highest BCUT2D eigenvalue weighted by Crippen LogP contribution is 2.33. The average molecular weight is 390 g/mol. The molecule has 0 radical (unpaired) electrons. The van der Waals surface area contributed by atoms with E-state index in [2.05, 4.69) is 11.6 Å². The minimum absolute atomic E-state index is 0.0595. The normalized spacial score (nSPS) is 11.3. The van der Waals surface area contributed by atoms with E-state index in [-0.39, 0.29) is 11.4 Å². The molecule has 0 amide bonds. The zero-order valence-corrected chi connectivity index (χ0v) is 16.5. The number of aromatic nitrogens is 1. The Morgan fingerprint density at radius 1 is 1.14 bits per heavy atom. The Labute approximate surface area is 164 Å². The molecule has 0 atom stereocenters. The number of carbonyl (C=O) groups excluding carboxylic acids is 1. The molecule has 1 aromatic carbocycles. The zero-order valence-electron chi connectivity index (χ0n) is 16.5. The van der Waals surface area contributed by atoms with Crippen LogP contribution in [0.4, 0.5) is 18.9 Å². The Morgan fingerprint density at radius 3 is 2.21 bits per heavy atom. The van der Waals surface area contributed by atoms with Crippen LogP contribution in [0, 0.1) is 0 Å². The van der Waals surface area contributed by atoms with E-state index in [4.69, 9.17) is 0 Å². The lowest BCUT2D eigenvalue weighted by Crippen LogP contribution is -2.28. The predicted molar refractivity (Wildman–Crippen MR) is 108 cm³/mol. The highest BCUT2D eigenvalue weighted by atomic mass is 19.4. The van der Waals surface area contributed by atoms with Crippen LogP contribution in [-0.2, 0) is 0 Å². The minimum Gasteiger partial charge on any atom is -0.341 e. The van der Waals surface area contributed by atoms with Gasteiger partial charge >= 0.3 is 6.18 Å². The first kappa shape index (κ1) is 23.1. The maximum Gasteiger partial charge on any atom is 0.431 e. The quantitative estimate of drug-likeness (QED) is 0.429. The second kappa shape index (κ2) is 10.4. The van der Waals surface area contributed by atoms with E-state index in [0.717, 1.165) is 11.0 Å². The highest BCUT2D eigenvalue weighted by Gasteiger charge is 2.37.